The molecule has 0 saturated heterocycles. The van der Waals surface area contributed by atoms with E-state index in [9.17, 15) is 33.9 Å². The number of hydrogen-bond acceptors (Lipinski definition) is 14. The van der Waals surface area contributed by atoms with Crippen LogP contribution in [0.3, 0.4) is 0 Å². The SMILES string of the molecule is CC[C@H](NC(=O)c1ccc(-c2ccc([C@H](CC(=O)O)NC(=O)CNC(=O)CCCNc3cc(C)ccn3)cc2)c2ccccc12)C(=O)N[C@@H](CC(C)C)C(=O)NCCOCCOCCOCCOCCOCCN=[N+]=[N-]. The summed E-state index contributed by atoms with van der Waals surface area (Å²) in [6.45, 7) is 12.0. The third-order valence-electron chi connectivity index (χ3n) is 11.6. The zero-order valence-electron chi connectivity index (χ0n) is 44.0. The van der Waals surface area contributed by atoms with Gasteiger partial charge < -0.3 is 60.7 Å². The largest absolute Gasteiger partial charge is 0.481 e. The molecule has 7 N–H and O–H groups in total. The lowest BCUT2D eigenvalue weighted by Crippen LogP contribution is -2.54. The lowest BCUT2D eigenvalue weighted by molar-refractivity contribution is -0.138. The zero-order chi connectivity index (χ0) is 54.9. The third kappa shape index (κ3) is 23.1. The summed E-state index contributed by atoms with van der Waals surface area (Å²) >= 11 is 0. The molecule has 4 aromatic rings. The number of nitrogens with zero attached hydrogens (tertiary/aromatic N) is 4. The number of pyridine rings is 1. The Morgan fingerprint density at radius 2 is 1.36 bits per heavy atom. The Bertz CT molecular complexity index is 2510. The van der Waals surface area contributed by atoms with E-state index >= 15 is 0 Å². The van der Waals surface area contributed by atoms with Crippen molar-refractivity contribution in [2.45, 2.75) is 77.9 Å². The van der Waals surface area contributed by atoms with E-state index in [1.54, 1.807) is 37.4 Å². The highest BCUT2D eigenvalue weighted by molar-refractivity contribution is 6.11. The van der Waals surface area contributed by atoms with Crippen LogP contribution in [0.2, 0.25) is 0 Å². The van der Waals surface area contributed by atoms with Crippen LogP contribution in [0.1, 0.15) is 80.4 Å². The molecule has 5 amide bonds. The number of hydrogen-bond donors (Lipinski definition) is 7. The topological polar surface area (TPSA) is 303 Å². The number of amides is 5. The van der Waals surface area contributed by atoms with Crippen LogP contribution in [0.25, 0.3) is 32.3 Å². The summed E-state index contributed by atoms with van der Waals surface area (Å²) in [6, 6.07) is 19.0. The van der Waals surface area contributed by atoms with Crippen molar-refractivity contribution in [2.75, 3.05) is 97.6 Å². The number of rotatable bonds is 38. The Kier molecular flexibility index (Phi) is 28.4. The van der Waals surface area contributed by atoms with E-state index in [-0.39, 0.29) is 63.2 Å². The number of benzene rings is 3. The maximum atomic E-state index is 13.9. The predicted molar refractivity (Wildman–Crippen MR) is 286 cm³/mol. The van der Waals surface area contributed by atoms with Crippen molar-refractivity contribution in [3.8, 4) is 11.1 Å². The van der Waals surface area contributed by atoms with Crippen LogP contribution >= 0.6 is 0 Å². The predicted octanol–water partition coefficient (Wildman–Crippen LogP) is 5.40. The van der Waals surface area contributed by atoms with Crippen LogP contribution in [-0.4, -0.2) is 150 Å². The molecule has 76 heavy (non-hydrogen) atoms. The normalized spacial score (nSPS) is 12.2. The third-order valence-corrected chi connectivity index (χ3v) is 11.6. The first-order valence-electron chi connectivity index (χ1n) is 25.6. The molecule has 22 heteroatoms. The number of anilines is 1. The van der Waals surface area contributed by atoms with Gasteiger partial charge in [-0.1, -0.05) is 80.5 Å². The molecule has 22 nitrogen and oxygen atoms in total. The molecule has 1 heterocycles. The number of carbonyl (C=O) groups is 6. The molecule has 0 fully saturated rings. The molecule has 0 aliphatic carbocycles. The van der Waals surface area contributed by atoms with Gasteiger partial charge in [0.05, 0.1) is 85.1 Å². The van der Waals surface area contributed by atoms with E-state index in [4.69, 9.17) is 29.2 Å². The number of azide groups is 1. The van der Waals surface area contributed by atoms with Crippen molar-refractivity contribution in [1.29, 1.82) is 0 Å². The number of carboxylic acid groups (broad SMARTS) is 1. The second-order valence-corrected chi connectivity index (χ2v) is 18.0. The highest BCUT2D eigenvalue weighted by Gasteiger charge is 2.27. The van der Waals surface area contributed by atoms with E-state index in [2.05, 4.69) is 46.9 Å². The Balaban J connectivity index is 1.23. The minimum absolute atomic E-state index is 0.0729. The van der Waals surface area contributed by atoms with Crippen LogP contribution in [-0.2, 0) is 47.7 Å². The van der Waals surface area contributed by atoms with E-state index < -0.39 is 41.8 Å². The van der Waals surface area contributed by atoms with Gasteiger partial charge in [0.1, 0.15) is 17.9 Å². The summed E-state index contributed by atoms with van der Waals surface area (Å²) in [7, 11) is 0. The van der Waals surface area contributed by atoms with Crippen molar-refractivity contribution in [3.63, 3.8) is 0 Å². The highest BCUT2D eigenvalue weighted by Crippen LogP contribution is 2.32. The molecule has 3 atom stereocenters. The van der Waals surface area contributed by atoms with Crippen LogP contribution in [0.4, 0.5) is 5.82 Å². The zero-order valence-corrected chi connectivity index (χ0v) is 44.0. The Labute approximate surface area is 443 Å². The van der Waals surface area contributed by atoms with Gasteiger partial charge in [0.15, 0.2) is 0 Å². The van der Waals surface area contributed by atoms with Crippen molar-refractivity contribution in [1.82, 2.24) is 31.6 Å². The number of nitrogens with one attached hydrogen (secondary N) is 6. The summed E-state index contributed by atoms with van der Waals surface area (Å²) in [6.07, 6.45) is 2.64. The number of ether oxygens (including phenoxy) is 5. The molecule has 0 spiro atoms. The fraction of sp³-hybridized carbons (Fsp3) is 0.500. The summed E-state index contributed by atoms with van der Waals surface area (Å²) in [5.41, 5.74) is 11.7. The maximum absolute atomic E-state index is 13.9. The molecular weight excluding hydrogens is 981 g/mol. The van der Waals surface area contributed by atoms with Gasteiger partial charge in [0.2, 0.25) is 23.6 Å². The number of aromatic nitrogens is 1. The molecule has 0 saturated carbocycles. The molecule has 0 radical (unpaired) electrons. The number of aryl methyl sites for hydroxylation is 1. The minimum Gasteiger partial charge on any atom is -0.481 e. The monoisotopic (exact) mass is 1050 g/mol. The van der Waals surface area contributed by atoms with E-state index in [1.807, 2.05) is 69.3 Å². The number of carbonyl (C=O) groups excluding carboxylic acids is 5. The highest BCUT2D eigenvalue weighted by atomic mass is 16.6. The summed E-state index contributed by atoms with van der Waals surface area (Å²) < 4.78 is 27.2. The summed E-state index contributed by atoms with van der Waals surface area (Å²) in [5.74, 6) is -2.52. The molecule has 0 aliphatic rings. The smallest absolute Gasteiger partial charge is 0.305 e. The molecule has 0 bridgehead atoms. The van der Waals surface area contributed by atoms with Crippen LogP contribution in [0.5, 0.6) is 0 Å². The van der Waals surface area contributed by atoms with E-state index in [0.29, 0.717) is 101 Å². The van der Waals surface area contributed by atoms with Crippen LogP contribution in [0, 0.1) is 12.8 Å². The first-order valence-corrected chi connectivity index (χ1v) is 25.6. The standard InChI is InChI=1S/C54H74N10O12/c1-5-45(54(71)63-47(33-37(2)3)53(70)58-21-23-72-25-27-74-29-31-76-32-30-75-28-26-73-24-22-60-64-55)62-52(69)44-17-16-41(42-9-6-7-10-43(42)44)39-12-14-40(15-13-39)46(35-51(67)68)61-50(66)36-59-49(65)11-8-19-56-48-34-38(4)18-20-57-48/h6-7,9-10,12-18,20,34,37,45-47H,5,8,11,19,21-33,35-36H2,1-4H3,(H,56,57)(H,58,70)(H,59,65)(H,61,66)(H,62,69)(H,63,71)(H,67,68)/t45-,46-,47-/m0/s1. The van der Waals surface area contributed by atoms with Gasteiger partial charge in [-0.05, 0) is 88.9 Å². The van der Waals surface area contributed by atoms with Crippen molar-refractivity contribution < 1.29 is 57.6 Å². The van der Waals surface area contributed by atoms with Gasteiger partial charge in [-0.15, -0.1) is 0 Å². The number of carboxylic acids is 1. The molecule has 3 aromatic carbocycles. The molecule has 0 unspecified atom stereocenters. The fourth-order valence-corrected chi connectivity index (χ4v) is 7.75. The Hall–Kier alpha value is -7.20. The molecular formula is C54H74N10O12. The second-order valence-electron chi connectivity index (χ2n) is 18.0. The first-order chi connectivity index (χ1) is 36.8. The van der Waals surface area contributed by atoms with Gasteiger partial charge in [0.25, 0.3) is 5.91 Å². The summed E-state index contributed by atoms with van der Waals surface area (Å²) in [5, 5.41) is 31.5. The quantitative estimate of drug-likeness (QED) is 0.0128. The van der Waals surface area contributed by atoms with Crippen LogP contribution < -0.4 is 31.9 Å². The van der Waals surface area contributed by atoms with Gasteiger partial charge in [-0.3, -0.25) is 28.8 Å². The maximum Gasteiger partial charge on any atom is 0.305 e. The van der Waals surface area contributed by atoms with Crippen molar-refractivity contribution in [2.24, 2.45) is 11.0 Å². The molecule has 412 valence electrons. The molecule has 1 aromatic heterocycles. The van der Waals surface area contributed by atoms with Crippen LogP contribution in [0.15, 0.2) is 84.1 Å². The minimum atomic E-state index is -1.12. The van der Waals surface area contributed by atoms with E-state index in [1.165, 1.54) is 0 Å². The van der Waals surface area contributed by atoms with E-state index in [0.717, 1.165) is 22.1 Å². The van der Waals surface area contributed by atoms with Gasteiger partial charge in [-0.25, -0.2) is 4.98 Å². The first kappa shape index (κ1) is 61.3. The average Bonchev–Trinajstić information content (AvgIpc) is 3.40. The second kappa shape index (κ2) is 35.1. The van der Waals surface area contributed by atoms with Gasteiger partial charge in [0, 0.05) is 42.7 Å². The molecule has 0 aliphatic heterocycles. The van der Waals surface area contributed by atoms with Crippen molar-refractivity contribution >= 4 is 52.1 Å². The van der Waals surface area contributed by atoms with Gasteiger partial charge in [-0.2, -0.15) is 0 Å². The fourth-order valence-electron chi connectivity index (χ4n) is 7.75. The number of fused-ring (bicyclic) bond motifs is 1. The van der Waals surface area contributed by atoms with Crippen molar-refractivity contribution in [3.05, 3.63) is 106 Å². The number of aliphatic carboxylic acids is 1. The average molecular weight is 1060 g/mol. The lowest BCUT2D eigenvalue weighted by Gasteiger charge is -2.24. The lowest BCUT2D eigenvalue weighted by atomic mass is 9.93. The Morgan fingerprint density at radius 1 is 0.711 bits per heavy atom. The molecule has 4 rings (SSSR count). The summed E-state index contributed by atoms with van der Waals surface area (Å²) in [4.78, 5) is 85.1. The Morgan fingerprint density at radius 3 is 1.97 bits per heavy atom. The van der Waals surface area contributed by atoms with Gasteiger partial charge >= 0.3 is 5.97 Å².